The molecule has 2 N–H and O–H groups in total. The van der Waals surface area contributed by atoms with E-state index in [9.17, 15) is 9.59 Å². The number of benzene rings is 2. The quantitative estimate of drug-likeness (QED) is 0.380. The molecule has 0 spiro atoms. The number of hydrogen-bond donors (Lipinski definition) is 2. The third-order valence-electron chi connectivity index (χ3n) is 6.12. The minimum absolute atomic E-state index is 0.130. The summed E-state index contributed by atoms with van der Waals surface area (Å²) in [6.07, 6.45) is 1.57. The van der Waals surface area contributed by atoms with E-state index in [1.165, 1.54) is 0 Å². The first-order chi connectivity index (χ1) is 17.4. The number of nitrogens with zero attached hydrogens (tertiary/aromatic N) is 3. The fraction of sp³-hybridized carbons (Fsp3) is 0.370. The van der Waals surface area contributed by atoms with E-state index in [-0.39, 0.29) is 29.2 Å². The Kier molecular flexibility index (Phi) is 8.07. The zero-order chi connectivity index (χ0) is 26.9. The molecule has 4 rings (SSSR count). The molecule has 7 nitrogen and oxygen atoms in total. The molecule has 1 saturated heterocycles. The highest BCUT2D eigenvalue weighted by molar-refractivity contribution is 6.35. The lowest BCUT2D eigenvalue weighted by molar-refractivity contribution is 0.0902. The van der Waals surface area contributed by atoms with Crippen molar-refractivity contribution in [1.82, 2.24) is 25.3 Å². The summed E-state index contributed by atoms with van der Waals surface area (Å²) in [5, 5.41) is 12.3. The second kappa shape index (κ2) is 10.9. The fourth-order valence-corrected chi connectivity index (χ4v) is 5.03. The van der Waals surface area contributed by atoms with Crippen LogP contribution in [0.4, 0.5) is 4.79 Å². The molecule has 3 aromatic rings. The Labute approximate surface area is 232 Å². The number of amides is 3. The van der Waals surface area contributed by atoms with Crippen LogP contribution >= 0.6 is 34.8 Å². The summed E-state index contributed by atoms with van der Waals surface area (Å²) in [7, 11) is 0. The summed E-state index contributed by atoms with van der Waals surface area (Å²) < 4.78 is 1.66. The number of carbonyl (C=O) groups is 2. The van der Waals surface area contributed by atoms with E-state index < -0.39 is 0 Å². The number of rotatable bonds is 4. The van der Waals surface area contributed by atoms with Crippen LogP contribution in [0.25, 0.3) is 16.9 Å². The lowest BCUT2D eigenvalue weighted by Gasteiger charge is -2.35. The van der Waals surface area contributed by atoms with Crippen LogP contribution < -0.4 is 10.6 Å². The molecule has 1 aliphatic heterocycles. The molecule has 10 heteroatoms. The van der Waals surface area contributed by atoms with Crippen molar-refractivity contribution in [3.8, 4) is 16.9 Å². The average molecular weight is 563 g/mol. The monoisotopic (exact) mass is 561 g/mol. The number of likely N-dealkylation sites (tertiary alicyclic amines) is 1. The van der Waals surface area contributed by atoms with Gasteiger partial charge < -0.3 is 15.5 Å². The third-order valence-corrected chi connectivity index (χ3v) is 6.91. The Hall–Kier alpha value is -2.74. The highest BCUT2D eigenvalue weighted by atomic mass is 35.5. The van der Waals surface area contributed by atoms with Gasteiger partial charge in [0.1, 0.15) is 0 Å². The van der Waals surface area contributed by atoms with Gasteiger partial charge in [0.15, 0.2) is 5.69 Å². The van der Waals surface area contributed by atoms with Crippen LogP contribution in [0, 0.1) is 6.92 Å². The molecule has 1 aliphatic rings. The van der Waals surface area contributed by atoms with Gasteiger partial charge in [-0.3, -0.25) is 4.79 Å². The molecule has 0 aliphatic carbocycles. The Bertz CT molecular complexity index is 1310. The Morgan fingerprint density at radius 2 is 1.70 bits per heavy atom. The molecular formula is C27H30Cl3N5O2. The van der Waals surface area contributed by atoms with Gasteiger partial charge in [0.25, 0.3) is 5.91 Å². The second-order valence-electron chi connectivity index (χ2n) is 10.3. The van der Waals surface area contributed by atoms with Crippen molar-refractivity contribution >= 4 is 46.7 Å². The lowest BCUT2D eigenvalue weighted by Crippen LogP contribution is -2.55. The molecule has 1 fully saturated rings. The molecule has 0 unspecified atom stereocenters. The van der Waals surface area contributed by atoms with Crippen LogP contribution in [-0.2, 0) is 0 Å². The normalized spacial score (nSPS) is 16.0. The summed E-state index contributed by atoms with van der Waals surface area (Å²) in [6.45, 7) is 8.77. The molecule has 3 amide bonds. The molecular weight excluding hydrogens is 533 g/mol. The lowest BCUT2D eigenvalue weighted by atomic mass is 10.0. The first-order valence-corrected chi connectivity index (χ1v) is 13.3. The maximum Gasteiger partial charge on any atom is 0.317 e. The number of hydrogen-bond acceptors (Lipinski definition) is 3. The average Bonchev–Trinajstić information content (AvgIpc) is 3.15. The zero-order valence-corrected chi connectivity index (χ0v) is 23.5. The number of piperidine rings is 1. The summed E-state index contributed by atoms with van der Waals surface area (Å²) in [5.74, 6) is -0.306. The SMILES string of the molecule is Cc1c(C(=O)N[C@H]2CCCN(C(=O)NC(C)(C)C)C2)nn(-c2ccc(Cl)cc2Cl)c1-c1ccc(Cl)cc1. The fourth-order valence-electron chi connectivity index (χ4n) is 4.42. The van der Waals surface area contributed by atoms with Crippen molar-refractivity contribution in [3.05, 3.63) is 68.8 Å². The zero-order valence-electron chi connectivity index (χ0n) is 21.2. The van der Waals surface area contributed by atoms with Crippen LogP contribution in [0.15, 0.2) is 42.5 Å². The van der Waals surface area contributed by atoms with Crippen molar-refractivity contribution in [1.29, 1.82) is 0 Å². The maximum atomic E-state index is 13.5. The predicted octanol–water partition coefficient (Wildman–Crippen LogP) is 6.51. The minimum atomic E-state index is -0.335. The van der Waals surface area contributed by atoms with Gasteiger partial charge in [-0.15, -0.1) is 0 Å². The van der Waals surface area contributed by atoms with Gasteiger partial charge in [-0.25, -0.2) is 9.48 Å². The molecule has 1 aromatic heterocycles. The molecule has 1 atom stereocenters. The van der Waals surface area contributed by atoms with E-state index >= 15 is 0 Å². The van der Waals surface area contributed by atoms with Crippen molar-refractivity contribution in [3.63, 3.8) is 0 Å². The van der Waals surface area contributed by atoms with Crippen molar-refractivity contribution in [2.45, 2.75) is 52.1 Å². The molecule has 2 heterocycles. The summed E-state index contributed by atoms with van der Waals surface area (Å²) in [5.41, 5.74) is 2.80. The van der Waals surface area contributed by atoms with Crippen molar-refractivity contribution in [2.75, 3.05) is 13.1 Å². The van der Waals surface area contributed by atoms with Crippen molar-refractivity contribution < 1.29 is 9.59 Å². The standard InChI is InChI=1S/C27H30Cl3N5O2/c1-16-23(25(36)31-20-6-5-13-34(15-20)26(37)32-27(2,3)4)33-35(22-12-11-19(29)14-21(22)30)24(16)17-7-9-18(28)10-8-17/h7-12,14,20H,5-6,13,15H2,1-4H3,(H,31,36)(H,32,37)/t20-/m0/s1. The highest BCUT2D eigenvalue weighted by Crippen LogP contribution is 2.33. The van der Waals surface area contributed by atoms with Crippen LogP contribution in [0.1, 0.15) is 49.7 Å². The number of aromatic nitrogens is 2. The Morgan fingerprint density at radius 3 is 2.35 bits per heavy atom. The van der Waals surface area contributed by atoms with E-state index in [1.807, 2.05) is 39.8 Å². The van der Waals surface area contributed by atoms with Gasteiger partial charge >= 0.3 is 6.03 Å². The second-order valence-corrected chi connectivity index (χ2v) is 11.6. The van der Waals surface area contributed by atoms with Crippen LogP contribution in [0.2, 0.25) is 15.1 Å². The number of carbonyl (C=O) groups excluding carboxylic acids is 2. The highest BCUT2D eigenvalue weighted by Gasteiger charge is 2.29. The van der Waals surface area contributed by atoms with E-state index in [0.29, 0.717) is 39.4 Å². The Balaban J connectivity index is 1.64. The summed E-state index contributed by atoms with van der Waals surface area (Å²) in [6, 6.07) is 12.1. The van der Waals surface area contributed by atoms with Gasteiger partial charge in [-0.2, -0.15) is 5.10 Å². The topological polar surface area (TPSA) is 79.3 Å². The van der Waals surface area contributed by atoms with E-state index in [2.05, 4.69) is 15.7 Å². The van der Waals surface area contributed by atoms with Crippen LogP contribution in [0.3, 0.4) is 0 Å². The molecule has 0 saturated carbocycles. The van der Waals surface area contributed by atoms with Gasteiger partial charge in [0.2, 0.25) is 0 Å². The van der Waals surface area contributed by atoms with Gasteiger partial charge in [-0.05, 0) is 70.9 Å². The molecule has 2 aromatic carbocycles. The van der Waals surface area contributed by atoms with E-state index in [4.69, 9.17) is 34.8 Å². The van der Waals surface area contributed by atoms with E-state index in [0.717, 1.165) is 24.1 Å². The van der Waals surface area contributed by atoms with Gasteiger partial charge in [0.05, 0.1) is 16.4 Å². The number of nitrogens with one attached hydrogen (secondary N) is 2. The molecule has 37 heavy (non-hydrogen) atoms. The van der Waals surface area contributed by atoms with Gasteiger partial charge in [0, 0.05) is 45.8 Å². The molecule has 196 valence electrons. The maximum absolute atomic E-state index is 13.5. The number of halogens is 3. The number of urea groups is 1. The summed E-state index contributed by atoms with van der Waals surface area (Å²) in [4.78, 5) is 27.9. The first-order valence-electron chi connectivity index (χ1n) is 12.1. The Morgan fingerprint density at radius 1 is 1.03 bits per heavy atom. The van der Waals surface area contributed by atoms with Gasteiger partial charge in [-0.1, -0.05) is 46.9 Å². The molecule has 0 bridgehead atoms. The van der Waals surface area contributed by atoms with E-state index in [1.54, 1.807) is 39.9 Å². The predicted molar refractivity (Wildman–Crippen MR) is 149 cm³/mol. The third kappa shape index (κ3) is 6.40. The summed E-state index contributed by atoms with van der Waals surface area (Å²) >= 11 is 18.8. The molecule has 0 radical (unpaired) electrons. The van der Waals surface area contributed by atoms with Crippen molar-refractivity contribution in [2.24, 2.45) is 0 Å². The largest absolute Gasteiger partial charge is 0.346 e. The van der Waals surface area contributed by atoms with Crippen LogP contribution in [0.5, 0.6) is 0 Å². The minimum Gasteiger partial charge on any atom is -0.346 e. The van der Waals surface area contributed by atoms with Crippen LogP contribution in [-0.4, -0.2) is 51.3 Å². The smallest absolute Gasteiger partial charge is 0.317 e. The first kappa shape index (κ1) is 27.3.